The Morgan fingerprint density at radius 3 is 2.45 bits per heavy atom. The number of ether oxygens (including phenoxy) is 2. The number of nitrogens with zero attached hydrogens (tertiary/aromatic N) is 1. The smallest absolute Gasteiger partial charge is 0.264 e. The van der Waals surface area contributed by atoms with Gasteiger partial charge in [0.25, 0.3) is 5.91 Å². The van der Waals surface area contributed by atoms with Gasteiger partial charge >= 0.3 is 0 Å². The molecule has 49 heavy (non-hydrogen) atoms. The van der Waals surface area contributed by atoms with Crippen molar-refractivity contribution >= 4 is 47.4 Å². The number of rotatable bonds is 10. The molecule has 2 aliphatic rings. The molecule has 0 unspecified atom stereocenters. The molecule has 4 atom stereocenters. The van der Waals surface area contributed by atoms with E-state index in [9.17, 15) is 14.7 Å². The number of para-hydroxylation sites is 2. The maximum Gasteiger partial charge on any atom is 0.264 e. The van der Waals surface area contributed by atoms with E-state index in [-0.39, 0.29) is 42.4 Å². The quantitative estimate of drug-likeness (QED) is 0.147. The van der Waals surface area contributed by atoms with Crippen LogP contribution in [0.4, 0.5) is 11.4 Å². The number of H-pyrrole nitrogens is 1. The average molecular weight is 674 g/mol. The molecule has 5 aromatic rings. The van der Waals surface area contributed by atoms with E-state index in [1.54, 1.807) is 7.11 Å². The van der Waals surface area contributed by atoms with Gasteiger partial charge in [-0.3, -0.25) is 9.59 Å². The van der Waals surface area contributed by atoms with Gasteiger partial charge in [-0.1, -0.05) is 85.9 Å². The van der Waals surface area contributed by atoms with Crippen LogP contribution in [-0.2, 0) is 32.9 Å². The van der Waals surface area contributed by atoms with Gasteiger partial charge < -0.3 is 29.8 Å². The number of hydrogen-bond acceptors (Lipinski definition) is 5. The van der Waals surface area contributed by atoms with Gasteiger partial charge in [0.2, 0.25) is 5.91 Å². The summed E-state index contributed by atoms with van der Waals surface area (Å²) in [5.41, 5.74) is 4.27. The summed E-state index contributed by atoms with van der Waals surface area (Å²) in [6.07, 6.45) is 2.34. The Hall–Kier alpha value is -4.70. The largest absolute Gasteiger partial charge is 0.497 e. The number of aliphatic hydroxyl groups is 1. The highest BCUT2D eigenvalue weighted by Gasteiger charge is 2.66. The van der Waals surface area contributed by atoms with Crippen molar-refractivity contribution in [3.05, 3.63) is 120 Å². The second-order valence-electron chi connectivity index (χ2n) is 13.9. The molecule has 7 rings (SSSR count). The highest BCUT2D eigenvalue weighted by molar-refractivity contribution is 6.91. The molecule has 252 valence electrons. The Labute approximate surface area is 288 Å². The molecule has 0 saturated carbocycles. The molecule has 1 spiro atoms. The van der Waals surface area contributed by atoms with Gasteiger partial charge in [0.05, 0.1) is 39.9 Å². The summed E-state index contributed by atoms with van der Waals surface area (Å²) in [6.45, 7) is 7.19. The lowest BCUT2D eigenvalue weighted by molar-refractivity contribution is -0.146. The van der Waals surface area contributed by atoms with E-state index < -0.39 is 13.7 Å². The third-order valence-corrected chi connectivity index (χ3v) is 15.1. The van der Waals surface area contributed by atoms with Crippen molar-refractivity contribution in [2.75, 3.05) is 23.9 Å². The summed E-state index contributed by atoms with van der Waals surface area (Å²) in [6, 6.07) is 31.9. The number of amides is 2. The van der Waals surface area contributed by atoms with Crippen LogP contribution in [0.2, 0.25) is 18.6 Å². The van der Waals surface area contributed by atoms with Gasteiger partial charge in [-0.25, -0.2) is 0 Å². The van der Waals surface area contributed by atoms with E-state index in [0.717, 1.165) is 39.0 Å². The van der Waals surface area contributed by atoms with Crippen molar-refractivity contribution in [1.29, 1.82) is 0 Å². The number of aromatic nitrogens is 1. The van der Waals surface area contributed by atoms with Crippen LogP contribution in [0.15, 0.2) is 103 Å². The van der Waals surface area contributed by atoms with Crippen LogP contribution < -0.4 is 20.1 Å². The molecule has 1 fully saturated rings. The number of anilines is 2. The predicted octanol–water partition coefficient (Wildman–Crippen LogP) is 6.50. The highest BCUT2D eigenvalue weighted by atomic mass is 28.3. The zero-order valence-electron chi connectivity index (χ0n) is 28.4. The van der Waals surface area contributed by atoms with E-state index in [2.05, 4.69) is 42.5 Å². The lowest BCUT2D eigenvalue weighted by atomic mass is 9.82. The summed E-state index contributed by atoms with van der Waals surface area (Å²) in [7, 11) is -0.572. The molecule has 0 aliphatic carbocycles. The van der Waals surface area contributed by atoms with Crippen molar-refractivity contribution in [2.45, 2.75) is 56.7 Å². The Morgan fingerprint density at radius 2 is 1.71 bits per heavy atom. The summed E-state index contributed by atoms with van der Waals surface area (Å²) in [5.74, 6) is 0.524. The monoisotopic (exact) mass is 673 g/mol. The highest BCUT2D eigenvalue weighted by Crippen LogP contribution is 2.60. The van der Waals surface area contributed by atoms with Gasteiger partial charge in [0.15, 0.2) is 5.60 Å². The standard InChI is InChI=1S/C40H43N3O5Si/c1-26-38(49(3,4)31-19-17-30(47-2)18-20-31)36(21-22-44)48-40(26)33-10-6-8-12-35(33)43(39(40)46)25-27-13-15-29(16-14-27)42-37(45)23-28-24-41-34-11-7-5-9-32(28)34/h5-20,24,26,36,38,41,44H,21-23,25H2,1-4H3,(H,42,45)/t26-,36+,38-,40+/m0/s1. The average Bonchev–Trinajstić information content (AvgIpc) is 3.73. The van der Waals surface area contributed by atoms with Gasteiger partial charge in [-0.2, -0.15) is 0 Å². The summed E-state index contributed by atoms with van der Waals surface area (Å²) in [4.78, 5) is 32.8. The summed E-state index contributed by atoms with van der Waals surface area (Å²) >= 11 is 0. The van der Waals surface area contributed by atoms with Gasteiger partial charge in [0, 0.05) is 40.9 Å². The van der Waals surface area contributed by atoms with Crippen molar-refractivity contribution in [3.8, 4) is 5.75 Å². The molecule has 8 nitrogen and oxygen atoms in total. The van der Waals surface area contributed by atoms with Crippen LogP contribution in [0.3, 0.4) is 0 Å². The minimum Gasteiger partial charge on any atom is -0.497 e. The van der Waals surface area contributed by atoms with Gasteiger partial charge in [0.1, 0.15) is 5.75 Å². The molecule has 3 N–H and O–H groups in total. The fourth-order valence-corrected chi connectivity index (χ4v) is 12.4. The van der Waals surface area contributed by atoms with E-state index in [1.165, 1.54) is 5.19 Å². The molecular formula is C40H43N3O5Si. The number of benzene rings is 4. The fraction of sp³-hybridized carbons (Fsp3) is 0.300. The first-order chi connectivity index (χ1) is 23.7. The van der Waals surface area contributed by atoms with E-state index >= 15 is 0 Å². The van der Waals surface area contributed by atoms with Crippen LogP contribution in [0.25, 0.3) is 10.9 Å². The number of fused-ring (bicyclic) bond motifs is 3. The lowest BCUT2D eigenvalue weighted by Crippen LogP contribution is -2.51. The fourth-order valence-electron chi connectivity index (χ4n) is 8.35. The maximum absolute atomic E-state index is 14.8. The van der Waals surface area contributed by atoms with Crippen LogP contribution in [0.5, 0.6) is 5.75 Å². The van der Waals surface area contributed by atoms with Crippen LogP contribution >= 0.6 is 0 Å². The summed E-state index contributed by atoms with van der Waals surface area (Å²) in [5, 5.41) is 15.5. The Balaban J connectivity index is 1.12. The third kappa shape index (κ3) is 5.65. The van der Waals surface area contributed by atoms with Crippen molar-refractivity contribution in [3.63, 3.8) is 0 Å². The van der Waals surface area contributed by atoms with E-state index in [0.29, 0.717) is 18.7 Å². The topological polar surface area (TPSA) is 104 Å². The Bertz CT molecular complexity index is 1990. The second kappa shape index (κ2) is 13.0. The van der Waals surface area contributed by atoms with E-state index in [4.69, 9.17) is 9.47 Å². The minimum atomic E-state index is -2.24. The first-order valence-electron chi connectivity index (χ1n) is 17.0. The summed E-state index contributed by atoms with van der Waals surface area (Å²) < 4.78 is 12.4. The zero-order valence-corrected chi connectivity index (χ0v) is 29.4. The first kappa shape index (κ1) is 32.8. The Morgan fingerprint density at radius 1 is 1.00 bits per heavy atom. The molecule has 2 amide bonds. The van der Waals surface area contributed by atoms with Crippen LogP contribution in [-0.4, -0.2) is 49.8 Å². The maximum atomic E-state index is 14.8. The lowest BCUT2D eigenvalue weighted by Gasteiger charge is -2.37. The number of carbonyl (C=O) groups is 2. The molecule has 9 heteroatoms. The molecule has 1 saturated heterocycles. The SMILES string of the molecule is COc1ccc([Si](C)(C)[C@@H]2[C@@H](CCO)O[C@]3(C(=O)N(Cc4ccc(NC(=O)Cc5c[nH]c6ccccc56)cc4)c4ccccc43)[C@H]2C)cc1. The number of hydrogen-bond donors (Lipinski definition) is 3. The van der Waals surface area contributed by atoms with Gasteiger partial charge in [-0.05, 0) is 59.5 Å². The number of aliphatic hydroxyl groups excluding tert-OH is 1. The Kier molecular flexibility index (Phi) is 8.68. The van der Waals surface area contributed by atoms with Crippen molar-refractivity contribution in [1.82, 2.24) is 4.98 Å². The zero-order chi connectivity index (χ0) is 34.3. The minimum absolute atomic E-state index is 0.0126. The third-order valence-electron chi connectivity index (χ3n) is 10.8. The second-order valence-corrected chi connectivity index (χ2v) is 18.5. The normalized spacial score (nSPS) is 21.8. The molecule has 4 aromatic carbocycles. The number of methoxy groups -OCH3 is 1. The van der Waals surface area contributed by atoms with E-state index in [1.807, 2.05) is 96.0 Å². The molecule has 0 bridgehead atoms. The molecule has 1 aromatic heterocycles. The number of carbonyl (C=O) groups excluding carboxylic acids is 2. The molecule has 3 heterocycles. The van der Waals surface area contributed by atoms with Crippen LogP contribution in [0.1, 0.15) is 30.0 Å². The van der Waals surface area contributed by atoms with Crippen molar-refractivity contribution < 1.29 is 24.2 Å². The molecular weight excluding hydrogens is 631 g/mol. The van der Waals surface area contributed by atoms with Gasteiger partial charge in [-0.15, -0.1) is 0 Å². The number of nitrogens with one attached hydrogen (secondary N) is 2. The molecule has 2 aliphatic heterocycles. The van der Waals surface area contributed by atoms with Crippen LogP contribution in [0, 0.1) is 5.92 Å². The first-order valence-corrected chi connectivity index (χ1v) is 20.0. The van der Waals surface area contributed by atoms with Crippen molar-refractivity contribution in [2.24, 2.45) is 5.92 Å². The predicted molar refractivity (Wildman–Crippen MR) is 196 cm³/mol. The molecule has 0 radical (unpaired) electrons. The number of aromatic amines is 1.